The predicted octanol–water partition coefficient (Wildman–Crippen LogP) is 4.93. The van der Waals surface area contributed by atoms with Gasteiger partial charge in [0.15, 0.2) is 11.5 Å². The first-order chi connectivity index (χ1) is 18.4. The Balaban J connectivity index is 1.60. The highest BCUT2D eigenvalue weighted by Gasteiger charge is 2.23. The third-order valence-corrected chi connectivity index (χ3v) is 6.54. The second-order valence-corrected chi connectivity index (χ2v) is 9.17. The van der Waals surface area contributed by atoms with Gasteiger partial charge in [0, 0.05) is 29.6 Å². The Labute approximate surface area is 222 Å². The molecule has 0 saturated heterocycles. The molecule has 0 spiro atoms. The summed E-state index contributed by atoms with van der Waals surface area (Å²) in [5, 5.41) is 6.86. The number of ether oxygens (including phenoxy) is 2. The van der Waals surface area contributed by atoms with Crippen molar-refractivity contribution in [3.63, 3.8) is 0 Å². The number of hydrogen-bond donors (Lipinski definition) is 4. The maximum absolute atomic E-state index is 13.2. The summed E-state index contributed by atoms with van der Waals surface area (Å²) in [4.78, 5) is 28.2. The summed E-state index contributed by atoms with van der Waals surface area (Å²) < 4.78 is 11.3. The van der Waals surface area contributed by atoms with E-state index in [1.165, 1.54) is 0 Å². The number of benzene rings is 3. The highest BCUT2D eigenvalue weighted by atomic mass is 16.5. The lowest BCUT2D eigenvalue weighted by Gasteiger charge is -2.22. The number of fused-ring (bicyclic) bond motifs is 1. The van der Waals surface area contributed by atoms with Gasteiger partial charge in [0.2, 0.25) is 5.91 Å². The molecule has 1 aromatic heterocycles. The van der Waals surface area contributed by atoms with Gasteiger partial charge < -0.3 is 30.8 Å². The monoisotopic (exact) mass is 514 g/mol. The first-order valence-electron chi connectivity index (χ1n) is 12.7. The number of carbonyl (C=O) groups is 2. The lowest BCUT2D eigenvalue weighted by molar-refractivity contribution is -0.121. The number of para-hydroxylation sites is 1. The quantitative estimate of drug-likeness (QED) is 0.227. The molecule has 0 aliphatic heterocycles. The fraction of sp³-hybridized carbons (Fsp3) is 0.267. The molecule has 5 N–H and O–H groups in total. The van der Waals surface area contributed by atoms with Crippen LogP contribution in [0.2, 0.25) is 0 Å². The molecule has 4 aromatic rings. The summed E-state index contributed by atoms with van der Waals surface area (Å²) in [5.74, 6) is 0.930. The van der Waals surface area contributed by atoms with E-state index >= 15 is 0 Å². The lowest BCUT2D eigenvalue weighted by Crippen LogP contribution is -2.37. The molecular formula is C30H34N4O4. The van der Waals surface area contributed by atoms with E-state index in [0.29, 0.717) is 24.7 Å². The molecule has 0 radical (unpaired) electrons. The van der Waals surface area contributed by atoms with Crippen LogP contribution in [0.3, 0.4) is 0 Å². The van der Waals surface area contributed by atoms with Gasteiger partial charge >= 0.3 is 6.03 Å². The smallest absolute Gasteiger partial charge is 0.312 e. The number of nitrogens with one attached hydrogen (secondary N) is 3. The van der Waals surface area contributed by atoms with Crippen molar-refractivity contribution in [3.8, 4) is 11.5 Å². The van der Waals surface area contributed by atoms with Crippen LogP contribution in [-0.2, 0) is 4.79 Å². The van der Waals surface area contributed by atoms with Crippen molar-refractivity contribution in [3.05, 3.63) is 95.2 Å². The summed E-state index contributed by atoms with van der Waals surface area (Å²) in [5.41, 5.74) is 10.3. The van der Waals surface area contributed by atoms with E-state index in [-0.39, 0.29) is 18.2 Å². The van der Waals surface area contributed by atoms with Gasteiger partial charge in [-0.05, 0) is 48.7 Å². The van der Waals surface area contributed by atoms with E-state index in [0.717, 1.165) is 33.2 Å². The Morgan fingerprint density at radius 2 is 1.82 bits per heavy atom. The molecule has 8 heteroatoms. The van der Waals surface area contributed by atoms with Gasteiger partial charge in [-0.15, -0.1) is 0 Å². The van der Waals surface area contributed by atoms with Crippen molar-refractivity contribution in [1.82, 2.24) is 15.6 Å². The maximum atomic E-state index is 13.2. The summed E-state index contributed by atoms with van der Waals surface area (Å²) in [6, 6.07) is 20.4. The van der Waals surface area contributed by atoms with Gasteiger partial charge in [0.05, 0.1) is 26.2 Å². The molecule has 38 heavy (non-hydrogen) atoms. The van der Waals surface area contributed by atoms with Crippen molar-refractivity contribution in [2.24, 2.45) is 5.73 Å². The van der Waals surface area contributed by atoms with Crippen LogP contribution in [0.25, 0.3) is 10.9 Å². The van der Waals surface area contributed by atoms with E-state index in [1.807, 2.05) is 80.7 Å². The zero-order chi connectivity index (χ0) is 27.1. The number of nitrogens with two attached hydrogens (primary N) is 1. The van der Waals surface area contributed by atoms with Crippen LogP contribution in [-0.4, -0.2) is 37.2 Å². The molecule has 0 unspecified atom stereocenters. The molecule has 4 rings (SSSR count). The van der Waals surface area contributed by atoms with Crippen LogP contribution in [0.5, 0.6) is 11.5 Å². The molecule has 198 valence electrons. The normalized spacial score (nSPS) is 12.5. The van der Waals surface area contributed by atoms with Crippen molar-refractivity contribution in [2.45, 2.75) is 32.2 Å². The van der Waals surface area contributed by atoms with E-state index < -0.39 is 12.1 Å². The average molecular weight is 515 g/mol. The highest BCUT2D eigenvalue weighted by Crippen LogP contribution is 2.36. The van der Waals surface area contributed by atoms with Crippen molar-refractivity contribution < 1.29 is 19.1 Å². The Hall–Kier alpha value is -4.46. The van der Waals surface area contributed by atoms with E-state index in [9.17, 15) is 9.59 Å². The van der Waals surface area contributed by atoms with Crippen LogP contribution in [0, 0.1) is 6.92 Å². The molecule has 0 aliphatic carbocycles. The van der Waals surface area contributed by atoms with Gasteiger partial charge in [0.1, 0.15) is 0 Å². The number of aromatic nitrogens is 1. The Morgan fingerprint density at radius 1 is 1.00 bits per heavy atom. The molecule has 3 aromatic carbocycles. The number of aryl methyl sites for hydroxylation is 1. The van der Waals surface area contributed by atoms with Crippen molar-refractivity contribution >= 4 is 22.8 Å². The summed E-state index contributed by atoms with van der Waals surface area (Å²) >= 11 is 0. The molecule has 1 heterocycles. The topological polar surface area (TPSA) is 118 Å². The summed E-state index contributed by atoms with van der Waals surface area (Å²) in [7, 11) is 1.61. The SMILES string of the molecule is CCOc1ccc([C@H](CNC(=O)C[C@@H](NC(N)=O)c2cccc(C)c2)c2c[nH]c3ccccc23)cc1OC. The van der Waals surface area contributed by atoms with Gasteiger partial charge in [-0.25, -0.2) is 4.79 Å². The van der Waals surface area contributed by atoms with Gasteiger partial charge in [-0.3, -0.25) is 4.79 Å². The number of H-pyrrole nitrogens is 1. The van der Waals surface area contributed by atoms with E-state index in [1.54, 1.807) is 7.11 Å². The fourth-order valence-corrected chi connectivity index (χ4v) is 4.75. The Bertz CT molecular complexity index is 1410. The Kier molecular flexibility index (Phi) is 8.53. The van der Waals surface area contributed by atoms with E-state index in [4.69, 9.17) is 15.2 Å². The first-order valence-corrected chi connectivity index (χ1v) is 12.7. The molecule has 3 amide bonds. The van der Waals surface area contributed by atoms with Crippen LogP contribution < -0.4 is 25.8 Å². The van der Waals surface area contributed by atoms with Crippen LogP contribution >= 0.6 is 0 Å². The van der Waals surface area contributed by atoms with Crippen LogP contribution in [0.1, 0.15) is 47.6 Å². The summed E-state index contributed by atoms with van der Waals surface area (Å²) in [6.07, 6.45) is 2.04. The number of primary amides is 1. The number of amides is 3. The molecule has 0 saturated carbocycles. The number of aromatic amines is 1. The number of urea groups is 1. The molecular weight excluding hydrogens is 480 g/mol. The minimum absolute atomic E-state index is 0.0552. The molecule has 8 nitrogen and oxygen atoms in total. The Morgan fingerprint density at radius 3 is 2.55 bits per heavy atom. The lowest BCUT2D eigenvalue weighted by atomic mass is 9.90. The zero-order valence-electron chi connectivity index (χ0n) is 21.9. The number of carbonyl (C=O) groups excluding carboxylic acids is 2. The van der Waals surface area contributed by atoms with Gasteiger partial charge in [0.25, 0.3) is 0 Å². The van der Waals surface area contributed by atoms with E-state index in [2.05, 4.69) is 21.7 Å². The fourth-order valence-electron chi connectivity index (χ4n) is 4.75. The highest BCUT2D eigenvalue weighted by molar-refractivity contribution is 5.84. The van der Waals surface area contributed by atoms with Crippen LogP contribution in [0.15, 0.2) is 72.9 Å². The number of hydrogen-bond acceptors (Lipinski definition) is 4. The van der Waals surface area contributed by atoms with Gasteiger partial charge in [-0.1, -0.05) is 54.1 Å². The minimum Gasteiger partial charge on any atom is -0.493 e. The second kappa shape index (κ2) is 12.2. The third-order valence-electron chi connectivity index (χ3n) is 6.54. The average Bonchev–Trinajstić information content (AvgIpc) is 3.33. The summed E-state index contributed by atoms with van der Waals surface area (Å²) in [6.45, 7) is 4.75. The molecule has 2 atom stereocenters. The standard InChI is InChI=1S/C30H34N4O4/c1-4-38-27-13-12-20(15-28(27)37-3)23(24-18-32-25-11-6-5-10-22(24)25)17-33-29(35)16-26(34-30(31)36)21-9-7-8-19(2)14-21/h5-15,18,23,26,32H,4,16-17H2,1-3H3,(H,33,35)(H3,31,34,36)/t23-,26+/m0/s1. The molecule has 0 aliphatic rings. The number of rotatable bonds is 11. The largest absolute Gasteiger partial charge is 0.493 e. The van der Waals surface area contributed by atoms with Crippen LogP contribution in [0.4, 0.5) is 4.79 Å². The van der Waals surface area contributed by atoms with Crippen molar-refractivity contribution in [2.75, 3.05) is 20.3 Å². The first kappa shape index (κ1) is 26.6. The third kappa shape index (κ3) is 6.26. The second-order valence-electron chi connectivity index (χ2n) is 9.17. The maximum Gasteiger partial charge on any atom is 0.312 e. The molecule has 0 fully saturated rings. The predicted molar refractivity (Wildman–Crippen MR) is 149 cm³/mol. The minimum atomic E-state index is -0.678. The number of methoxy groups -OCH3 is 1. The molecule has 0 bridgehead atoms. The zero-order valence-corrected chi connectivity index (χ0v) is 21.9. The van der Waals surface area contributed by atoms with Crippen molar-refractivity contribution in [1.29, 1.82) is 0 Å². The van der Waals surface area contributed by atoms with Gasteiger partial charge in [-0.2, -0.15) is 0 Å².